The molecule has 1 saturated heterocycles. The molecular formula is C13H20N2O. The van der Waals surface area contributed by atoms with E-state index in [1.807, 2.05) is 12.1 Å². The van der Waals surface area contributed by atoms with E-state index in [2.05, 4.69) is 24.1 Å². The Morgan fingerprint density at radius 3 is 2.88 bits per heavy atom. The van der Waals surface area contributed by atoms with Crippen molar-refractivity contribution in [3.05, 3.63) is 29.8 Å². The van der Waals surface area contributed by atoms with Crippen LogP contribution >= 0.6 is 0 Å². The molecule has 1 aliphatic rings. The standard InChI is InChI=1S/C13H20N2O/c1-15-8-11(6-12(14)9-15)10-4-3-5-13(7-10)16-2/h3-5,7,11-12H,6,8-9,14H2,1-2H3/t11-,12+/m0/s1. The van der Waals surface area contributed by atoms with Crippen LogP contribution in [0.2, 0.25) is 0 Å². The Morgan fingerprint density at radius 1 is 1.38 bits per heavy atom. The van der Waals surface area contributed by atoms with Gasteiger partial charge < -0.3 is 15.4 Å². The lowest BCUT2D eigenvalue weighted by molar-refractivity contribution is 0.227. The first kappa shape index (κ1) is 11.4. The summed E-state index contributed by atoms with van der Waals surface area (Å²) >= 11 is 0. The molecule has 0 radical (unpaired) electrons. The fraction of sp³-hybridized carbons (Fsp3) is 0.538. The van der Waals surface area contributed by atoms with E-state index in [-0.39, 0.29) is 6.04 Å². The molecule has 2 N–H and O–H groups in total. The largest absolute Gasteiger partial charge is 0.497 e. The maximum Gasteiger partial charge on any atom is 0.119 e. The van der Waals surface area contributed by atoms with Gasteiger partial charge in [0, 0.05) is 19.1 Å². The van der Waals surface area contributed by atoms with Gasteiger partial charge in [0.15, 0.2) is 0 Å². The molecule has 3 heteroatoms. The first-order chi connectivity index (χ1) is 7.69. The molecule has 1 fully saturated rings. The quantitative estimate of drug-likeness (QED) is 0.819. The van der Waals surface area contributed by atoms with Crippen molar-refractivity contribution in [3.8, 4) is 5.75 Å². The van der Waals surface area contributed by atoms with Crippen molar-refractivity contribution in [2.75, 3.05) is 27.2 Å². The molecule has 0 aromatic heterocycles. The molecular weight excluding hydrogens is 200 g/mol. The number of benzene rings is 1. The lowest BCUT2D eigenvalue weighted by Crippen LogP contribution is -2.44. The van der Waals surface area contributed by atoms with Crippen LogP contribution in [0, 0.1) is 0 Å². The minimum Gasteiger partial charge on any atom is -0.497 e. The normalized spacial score (nSPS) is 26.7. The van der Waals surface area contributed by atoms with Crippen molar-refractivity contribution < 1.29 is 4.74 Å². The number of hydrogen-bond acceptors (Lipinski definition) is 3. The van der Waals surface area contributed by atoms with Gasteiger partial charge in [0.25, 0.3) is 0 Å². The van der Waals surface area contributed by atoms with E-state index in [1.165, 1.54) is 5.56 Å². The summed E-state index contributed by atoms with van der Waals surface area (Å²) in [4.78, 5) is 2.30. The lowest BCUT2D eigenvalue weighted by Gasteiger charge is -2.34. The summed E-state index contributed by atoms with van der Waals surface area (Å²) in [5, 5.41) is 0. The fourth-order valence-corrected chi connectivity index (χ4v) is 2.50. The molecule has 2 atom stereocenters. The van der Waals surface area contributed by atoms with E-state index in [1.54, 1.807) is 7.11 Å². The molecule has 1 aromatic carbocycles. The zero-order valence-electron chi connectivity index (χ0n) is 10.0. The summed E-state index contributed by atoms with van der Waals surface area (Å²) in [5.41, 5.74) is 7.39. The number of rotatable bonds is 2. The number of likely N-dealkylation sites (tertiary alicyclic amines) is 1. The predicted molar refractivity (Wildman–Crippen MR) is 65.8 cm³/mol. The zero-order valence-corrected chi connectivity index (χ0v) is 10.0. The number of ether oxygens (including phenoxy) is 1. The van der Waals surface area contributed by atoms with E-state index < -0.39 is 0 Å². The third-order valence-electron chi connectivity index (χ3n) is 3.23. The van der Waals surface area contributed by atoms with Crippen LogP contribution in [-0.4, -0.2) is 38.2 Å². The predicted octanol–water partition coefficient (Wildman–Crippen LogP) is 1.44. The van der Waals surface area contributed by atoms with Gasteiger partial charge in [0.2, 0.25) is 0 Å². The van der Waals surface area contributed by atoms with Gasteiger partial charge in [-0.1, -0.05) is 12.1 Å². The molecule has 2 rings (SSSR count). The molecule has 16 heavy (non-hydrogen) atoms. The summed E-state index contributed by atoms with van der Waals surface area (Å²) in [6, 6.07) is 8.61. The van der Waals surface area contributed by atoms with E-state index in [9.17, 15) is 0 Å². The van der Waals surface area contributed by atoms with Crippen LogP contribution in [0.3, 0.4) is 0 Å². The van der Waals surface area contributed by atoms with Crippen LogP contribution in [0.5, 0.6) is 5.75 Å². The van der Waals surface area contributed by atoms with Crippen molar-refractivity contribution in [1.29, 1.82) is 0 Å². The maximum atomic E-state index is 6.05. The van der Waals surface area contributed by atoms with Crippen LogP contribution < -0.4 is 10.5 Å². The van der Waals surface area contributed by atoms with Crippen molar-refractivity contribution in [1.82, 2.24) is 4.90 Å². The van der Waals surface area contributed by atoms with E-state index in [4.69, 9.17) is 10.5 Å². The van der Waals surface area contributed by atoms with Crippen LogP contribution in [-0.2, 0) is 0 Å². The monoisotopic (exact) mass is 220 g/mol. The molecule has 1 aromatic rings. The van der Waals surface area contributed by atoms with Crippen LogP contribution in [0.4, 0.5) is 0 Å². The summed E-state index contributed by atoms with van der Waals surface area (Å²) in [6.07, 6.45) is 1.07. The Labute approximate surface area is 97.2 Å². The number of nitrogens with zero attached hydrogens (tertiary/aromatic N) is 1. The van der Waals surface area contributed by atoms with Crippen molar-refractivity contribution in [2.45, 2.75) is 18.4 Å². The average Bonchev–Trinajstić information content (AvgIpc) is 2.28. The van der Waals surface area contributed by atoms with Gasteiger partial charge in [-0.25, -0.2) is 0 Å². The molecule has 0 saturated carbocycles. The van der Waals surface area contributed by atoms with E-state index >= 15 is 0 Å². The highest BCUT2D eigenvalue weighted by Gasteiger charge is 2.24. The van der Waals surface area contributed by atoms with Crippen molar-refractivity contribution in [2.24, 2.45) is 5.73 Å². The van der Waals surface area contributed by atoms with Gasteiger partial charge in [-0.15, -0.1) is 0 Å². The molecule has 0 bridgehead atoms. The molecule has 88 valence electrons. The molecule has 3 nitrogen and oxygen atoms in total. The zero-order chi connectivity index (χ0) is 11.5. The Hall–Kier alpha value is -1.06. The molecule has 1 aliphatic heterocycles. The highest BCUT2D eigenvalue weighted by molar-refractivity contribution is 5.31. The van der Waals surface area contributed by atoms with Gasteiger partial charge in [0.05, 0.1) is 7.11 Å². The van der Waals surface area contributed by atoms with Crippen LogP contribution in [0.15, 0.2) is 24.3 Å². The second kappa shape index (κ2) is 4.85. The van der Waals surface area contributed by atoms with Gasteiger partial charge in [0.1, 0.15) is 5.75 Å². The Bertz CT molecular complexity index is 344. The Morgan fingerprint density at radius 2 is 2.19 bits per heavy atom. The molecule has 0 aliphatic carbocycles. The lowest BCUT2D eigenvalue weighted by atomic mass is 9.88. The first-order valence-corrected chi connectivity index (χ1v) is 5.77. The van der Waals surface area contributed by atoms with Gasteiger partial charge in [-0.2, -0.15) is 0 Å². The number of piperidine rings is 1. The van der Waals surface area contributed by atoms with Crippen molar-refractivity contribution >= 4 is 0 Å². The van der Waals surface area contributed by atoms with Gasteiger partial charge in [-0.05, 0) is 37.1 Å². The second-order valence-electron chi connectivity index (χ2n) is 4.69. The molecule has 0 amide bonds. The summed E-state index contributed by atoms with van der Waals surface area (Å²) in [7, 11) is 3.84. The number of methoxy groups -OCH3 is 1. The minimum atomic E-state index is 0.287. The average molecular weight is 220 g/mol. The third kappa shape index (κ3) is 2.54. The van der Waals surface area contributed by atoms with E-state index in [0.29, 0.717) is 5.92 Å². The minimum absolute atomic E-state index is 0.287. The fourth-order valence-electron chi connectivity index (χ4n) is 2.50. The smallest absolute Gasteiger partial charge is 0.119 e. The van der Waals surface area contributed by atoms with Crippen LogP contribution in [0.1, 0.15) is 17.9 Å². The highest BCUT2D eigenvalue weighted by atomic mass is 16.5. The summed E-state index contributed by atoms with van der Waals surface area (Å²) in [6.45, 7) is 2.08. The topological polar surface area (TPSA) is 38.5 Å². The molecule has 0 unspecified atom stereocenters. The third-order valence-corrected chi connectivity index (χ3v) is 3.23. The number of nitrogens with two attached hydrogens (primary N) is 1. The van der Waals surface area contributed by atoms with E-state index in [0.717, 1.165) is 25.3 Å². The Kier molecular flexibility index (Phi) is 3.46. The van der Waals surface area contributed by atoms with Gasteiger partial charge in [-0.3, -0.25) is 0 Å². The molecule has 1 heterocycles. The number of likely N-dealkylation sites (N-methyl/N-ethyl adjacent to an activating group) is 1. The first-order valence-electron chi connectivity index (χ1n) is 5.77. The number of hydrogen-bond donors (Lipinski definition) is 1. The highest BCUT2D eigenvalue weighted by Crippen LogP contribution is 2.27. The van der Waals surface area contributed by atoms with Gasteiger partial charge >= 0.3 is 0 Å². The maximum absolute atomic E-state index is 6.05. The summed E-state index contributed by atoms with van der Waals surface area (Å²) in [5.74, 6) is 1.46. The molecule has 0 spiro atoms. The SMILES string of the molecule is COc1cccc([C@H]2C[C@@H](N)CN(C)C2)c1. The van der Waals surface area contributed by atoms with Crippen molar-refractivity contribution in [3.63, 3.8) is 0 Å². The Balaban J connectivity index is 2.16. The second-order valence-corrected chi connectivity index (χ2v) is 4.69. The summed E-state index contributed by atoms with van der Waals surface area (Å²) < 4.78 is 5.25. The van der Waals surface area contributed by atoms with Crippen LogP contribution in [0.25, 0.3) is 0 Å².